The number of hydrogen-bond acceptors (Lipinski definition) is 7. The molecule has 160 valence electrons. The largest absolute Gasteiger partial charge is 0.391 e. The second-order valence-electron chi connectivity index (χ2n) is 7.72. The summed E-state index contributed by atoms with van der Waals surface area (Å²) in [6, 6.07) is 9.05. The molecule has 2 aromatic heterocycles. The Bertz CT molecular complexity index is 1120. The SMILES string of the molecule is Cc1nc([C@H]2CC[C@@H](O)[C@H](NS(=O)(=O)c3c(C)noc3C)C2)n(-c2ccccc2)n1. The number of para-hydroxylation sites is 1. The summed E-state index contributed by atoms with van der Waals surface area (Å²) in [5, 5.41) is 18.8. The van der Waals surface area contributed by atoms with E-state index in [9.17, 15) is 13.5 Å². The number of benzene rings is 1. The smallest absolute Gasteiger partial charge is 0.246 e. The van der Waals surface area contributed by atoms with Crippen LogP contribution in [0.25, 0.3) is 5.69 Å². The van der Waals surface area contributed by atoms with E-state index >= 15 is 0 Å². The summed E-state index contributed by atoms with van der Waals surface area (Å²) in [7, 11) is -3.88. The molecule has 0 amide bonds. The topological polar surface area (TPSA) is 123 Å². The second kappa shape index (κ2) is 7.93. The fourth-order valence-corrected chi connectivity index (χ4v) is 5.70. The Morgan fingerprint density at radius 2 is 1.90 bits per heavy atom. The zero-order valence-corrected chi connectivity index (χ0v) is 17.9. The molecule has 2 N–H and O–H groups in total. The molecule has 0 unspecified atom stereocenters. The third-order valence-electron chi connectivity index (χ3n) is 5.46. The average molecular weight is 432 g/mol. The Kier molecular flexibility index (Phi) is 5.48. The molecule has 3 atom stereocenters. The molecule has 1 aliphatic carbocycles. The monoisotopic (exact) mass is 431 g/mol. The van der Waals surface area contributed by atoms with Gasteiger partial charge < -0.3 is 9.63 Å². The summed E-state index contributed by atoms with van der Waals surface area (Å²) in [6.45, 7) is 4.97. The molecule has 1 saturated carbocycles. The van der Waals surface area contributed by atoms with Crippen LogP contribution in [0.3, 0.4) is 0 Å². The van der Waals surface area contributed by atoms with Crippen molar-refractivity contribution in [2.24, 2.45) is 0 Å². The van der Waals surface area contributed by atoms with Crippen LogP contribution in [0.1, 0.15) is 48.3 Å². The summed E-state index contributed by atoms with van der Waals surface area (Å²) in [6.07, 6.45) is 0.774. The van der Waals surface area contributed by atoms with Crippen molar-refractivity contribution >= 4 is 10.0 Å². The van der Waals surface area contributed by atoms with Gasteiger partial charge in [0.25, 0.3) is 0 Å². The Morgan fingerprint density at radius 3 is 2.57 bits per heavy atom. The number of hydrogen-bond donors (Lipinski definition) is 2. The van der Waals surface area contributed by atoms with Gasteiger partial charge in [0.05, 0.1) is 11.8 Å². The Balaban J connectivity index is 1.61. The lowest BCUT2D eigenvalue weighted by Gasteiger charge is -2.33. The van der Waals surface area contributed by atoms with Crippen LogP contribution in [-0.2, 0) is 10.0 Å². The molecule has 3 aromatic rings. The summed E-state index contributed by atoms with van der Waals surface area (Å²) in [4.78, 5) is 4.64. The fraction of sp³-hybridized carbons (Fsp3) is 0.450. The Labute approximate surface area is 175 Å². The van der Waals surface area contributed by atoms with Crippen LogP contribution in [0, 0.1) is 20.8 Å². The number of sulfonamides is 1. The lowest BCUT2D eigenvalue weighted by Crippen LogP contribution is -2.47. The highest BCUT2D eigenvalue weighted by molar-refractivity contribution is 7.89. The standard InChI is InChI=1S/C20H25N5O4S/c1-12-19(13(2)29-23-12)30(27,28)24-17-11-15(9-10-18(17)26)20-21-14(3)22-25(20)16-7-5-4-6-8-16/h4-8,15,17-18,24,26H,9-11H2,1-3H3/t15-,17+,18+/m0/s1. The van der Waals surface area contributed by atoms with Gasteiger partial charge in [0, 0.05) is 12.0 Å². The maximum absolute atomic E-state index is 12.9. The van der Waals surface area contributed by atoms with E-state index in [1.807, 2.05) is 37.3 Å². The van der Waals surface area contributed by atoms with E-state index in [-0.39, 0.29) is 16.6 Å². The fourth-order valence-electron chi connectivity index (χ4n) is 4.09. The van der Waals surface area contributed by atoms with Gasteiger partial charge in [-0.15, -0.1) is 0 Å². The van der Waals surface area contributed by atoms with E-state index in [0.717, 1.165) is 11.5 Å². The molecular weight excluding hydrogens is 406 g/mol. The van der Waals surface area contributed by atoms with Gasteiger partial charge in [-0.3, -0.25) is 0 Å². The number of aliphatic hydroxyl groups excluding tert-OH is 1. The van der Waals surface area contributed by atoms with Crippen LogP contribution < -0.4 is 4.72 Å². The van der Waals surface area contributed by atoms with E-state index in [1.165, 1.54) is 0 Å². The van der Waals surface area contributed by atoms with Crippen LogP contribution in [0.15, 0.2) is 39.8 Å². The predicted molar refractivity (Wildman–Crippen MR) is 109 cm³/mol. The Hall–Kier alpha value is -2.56. The predicted octanol–water partition coefficient (Wildman–Crippen LogP) is 2.16. The minimum absolute atomic E-state index is 0.0279. The van der Waals surface area contributed by atoms with E-state index < -0.39 is 22.2 Å². The molecule has 1 aliphatic rings. The number of nitrogens with zero attached hydrogens (tertiary/aromatic N) is 4. The molecule has 0 bridgehead atoms. The Morgan fingerprint density at radius 1 is 1.17 bits per heavy atom. The van der Waals surface area contributed by atoms with Crippen molar-refractivity contribution in [1.29, 1.82) is 0 Å². The minimum atomic E-state index is -3.88. The maximum Gasteiger partial charge on any atom is 0.246 e. The molecule has 1 aromatic carbocycles. The first-order chi connectivity index (χ1) is 14.3. The van der Waals surface area contributed by atoms with Crippen LogP contribution in [-0.4, -0.2) is 45.6 Å². The summed E-state index contributed by atoms with van der Waals surface area (Å²) in [5.74, 6) is 1.59. The van der Waals surface area contributed by atoms with E-state index in [1.54, 1.807) is 18.5 Å². The molecule has 10 heteroatoms. The first-order valence-electron chi connectivity index (χ1n) is 9.88. The van der Waals surface area contributed by atoms with Crippen molar-refractivity contribution in [3.8, 4) is 5.69 Å². The highest BCUT2D eigenvalue weighted by Crippen LogP contribution is 2.34. The number of aryl methyl sites for hydroxylation is 3. The van der Waals surface area contributed by atoms with E-state index in [2.05, 4.69) is 20.0 Å². The number of nitrogens with one attached hydrogen (secondary N) is 1. The molecule has 9 nitrogen and oxygen atoms in total. The van der Waals surface area contributed by atoms with Gasteiger partial charge in [0.2, 0.25) is 10.0 Å². The minimum Gasteiger partial charge on any atom is -0.391 e. The summed E-state index contributed by atoms with van der Waals surface area (Å²) >= 11 is 0. The van der Waals surface area contributed by atoms with Gasteiger partial charge in [-0.1, -0.05) is 23.4 Å². The zero-order valence-electron chi connectivity index (χ0n) is 17.1. The van der Waals surface area contributed by atoms with Gasteiger partial charge >= 0.3 is 0 Å². The molecule has 0 saturated heterocycles. The molecule has 1 fully saturated rings. The third kappa shape index (κ3) is 3.90. The summed E-state index contributed by atoms with van der Waals surface area (Å²) < 4.78 is 35.3. The molecule has 0 radical (unpaired) electrons. The number of aliphatic hydroxyl groups is 1. The van der Waals surface area contributed by atoms with Gasteiger partial charge in [0.15, 0.2) is 5.76 Å². The van der Waals surface area contributed by atoms with Crippen molar-refractivity contribution in [2.45, 2.75) is 63.0 Å². The summed E-state index contributed by atoms with van der Waals surface area (Å²) in [5.41, 5.74) is 1.19. The zero-order chi connectivity index (χ0) is 21.5. The van der Waals surface area contributed by atoms with E-state index in [4.69, 9.17) is 4.52 Å². The van der Waals surface area contributed by atoms with Crippen LogP contribution in [0.2, 0.25) is 0 Å². The lowest BCUT2D eigenvalue weighted by atomic mass is 9.83. The van der Waals surface area contributed by atoms with Crippen molar-refractivity contribution in [3.05, 3.63) is 53.4 Å². The second-order valence-corrected chi connectivity index (χ2v) is 9.37. The van der Waals surface area contributed by atoms with Crippen molar-refractivity contribution in [3.63, 3.8) is 0 Å². The van der Waals surface area contributed by atoms with Crippen molar-refractivity contribution in [2.75, 3.05) is 0 Å². The lowest BCUT2D eigenvalue weighted by molar-refractivity contribution is 0.0918. The van der Waals surface area contributed by atoms with Gasteiger partial charge in [-0.2, -0.15) is 5.10 Å². The first kappa shape index (κ1) is 20.7. The van der Waals surface area contributed by atoms with Crippen LogP contribution >= 0.6 is 0 Å². The van der Waals surface area contributed by atoms with Crippen molar-refractivity contribution in [1.82, 2.24) is 24.6 Å². The molecule has 4 rings (SSSR count). The van der Waals surface area contributed by atoms with Crippen molar-refractivity contribution < 1.29 is 18.0 Å². The van der Waals surface area contributed by atoms with Crippen LogP contribution in [0.5, 0.6) is 0 Å². The normalized spacial score (nSPS) is 22.3. The molecule has 0 spiro atoms. The third-order valence-corrected chi connectivity index (χ3v) is 7.19. The molecular formula is C20H25N5O4S. The van der Waals surface area contributed by atoms with Gasteiger partial charge in [-0.25, -0.2) is 22.8 Å². The van der Waals surface area contributed by atoms with Gasteiger partial charge in [-0.05, 0) is 52.2 Å². The van der Waals surface area contributed by atoms with E-state index in [0.29, 0.717) is 30.8 Å². The molecule has 30 heavy (non-hydrogen) atoms. The first-order valence-corrected chi connectivity index (χ1v) is 11.4. The molecule has 2 heterocycles. The average Bonchev–Trinajstić information content (AvgIpc) is 3.26. The quantitative estimate of drug-likeness (QED) is 0.634. The molecule has 0 aliphatic heterocycles. The number of rotatable bonds is 5. The van der Waals surface area contributed by atoms with Gasteiger partial charge in [0.1, 0.15) is 22.2 Å². The number of aromatic nitrogens is 4. The maximum atomic E-state index is 12.9. The highest BCUT2D eigenvalue weighted by Gasteiger charge is 2.37. The van der Waals surface area contributed by atoms with Crippen LogP contribution in [0.4, 0.5) is 0 Å². The highest BCUT2D eigenvalue weighted by atomic mass is 32.2.